The van der Waals surface area contributed by atoms with Crippen LogP contribution in [0, 0.1) is 5.92 Å². The van der Waals surface area contributed by atoms with E-state index in [0.717, 1.165) is 11.3 Å². The molecule has 0 aromatic heterocycles. The number of benzene rings is 1. The third-order valence-corrected chi connectivity index (χ3v) is 3.06. The lowest BCUT2D eigenvalue weighted by molar-refractivity contribution is -0.143. The Balaban J connectivity index is 2.57. The zero-order valence-corrected chi connectivity index (χ0v) is 12.1. The number of para-hydroxylation sites is 1. The fourth-order valence-corrected chi connectivity index (χ4v) is 1.92. The number of methoxy groups -OCH3 is 1. The monoisotopic (exact) mass is 279 g/mol. The number of carboxylic acid groups (broad SMARTS) is 1. The van der Waals surface area contributed by atoms with Gasteiger partial charge in [-0.05, 0) is 24.0 Å². The minimum absolute atomic E-state index is 0.150. The second-order valence-corrected chi connectivity index (χ2v) is 4.94. The fourth-order valence-electron chi connectivity index (χ4n) is 1.92. The van der Waals surface area contributed by atoms with Gasteiger partial charge in [0.15, 0.2) is 0 Å². The Bertz CT molecular complexity index is 471. The van der Waals surface area contributed by atoms with Crippen molar-refractivity contribution < 1.29 is 19.4 Å². The molecule has 0 aliphatic rings. The molecule has 0 aliphatic carbocycles. The van der Waals surface area contributed by atoms with Gasteiger partial charge in [-0.25, -0.2) is 4.79 Å². The van der Waals surface area contributed by atoms with Crippen molar-refractivity contribution in [3.05, 3.63) is 29.8 Å². The zero-order chi connectivity index (χ0) is 15.1. The van der Waals surface area contributed by atoms with E-state index in [1.165, 1.54) is 0 Å². The van der Waals surface area contributed by atoms with E-state index in [0.29, 0.717) is 6.42 Å². The normalized spacial score (nSPS) is 12.0. The highest BCUT2D eigenvalue weighted by molar-refractivity contribution is 5.83. The molecule has 0 saturated heterocycles. The van der Waals surface area contributed by atoms with E-state index in [4.69, 9.17) is 9.84 Å². The lowest BCUT2D eigenvalue weighted by Crippen LogP contribution is -2.44. The zero-order valence-electron chi connectivity index (χ0n) is 12.1. The molecule has 1 unspecified atom stereocenters. The molecule has 0 bridgehead atoms. The highest BCUT2D eigenvalue weighted by Gasteiger charge is 2.23. The van der Waals surface area contributed by atoms with E-state index in [-0.39, 0.29) is 18.2 Å². The quantitative estimate of drug-likeness (QED) is 0.798. The number of rotatable bonds is 7. The molecule has 1 aromatic rings. The van der Waals surface area contributed by atoms with Crippen LogP contribution in [-0.2, 0) is 16.0 Å². The predicted octanol–water partition coefficient (Wildman–Crippen LogP) is 1.85. The Morgan fingerprint density at radius 3 is 2.50 bits per heavy atom. The number of amides is 1. The minimum atomic E-state index is -1.01. The maximum atomic E-state index is 11.8. The van der Waals surface area contributed by atoms with Crippen molar-refractivity contribution in [2.45, 2.75) is 32.7 Å². The van der Waals surface area contributed by atoms with Gasteiger partial charge in [0.2, 0.25) is 5.91 Å². The molecule has 0 radical (unpaired) electrons. The summed E-state index contributed by atoms with van der Waals surface area (Å²) in [6.45, 7) is 3.53. The minimum Gasteiger partial charge on any atom is -0.496 e. The van der Waals surface area contributed by atoms with Crippen LogP contribution in [0.5, 0.6) is 5.75 Å². The fraction of sp³-hybridized carbons (Fsp3) is 0.467. The molecule has 1 aromatic carbocycles. The number of aliphatic carboxylic acids is 1. The number of carbonyl (C=O) groups excluding carboxylic acids is 1. The van der Waals surface area contributed by atoms with Crippen LogP contribution in [0.1, 0.15) is 25.8 Å². The first kappa shape index (κ1) is 16.0. The van der Waals surface area contributed by atoms with Gasteiger partial charge in [-0.15, -0.1) is 0 Å². The molecule has 20 heavy (non-hydrogen) atoms. The van der Waals surface area contributed by atoms with E-state index in [2.05, 4.69) is 5.32 Å². The van der Waals surface area contributed by atoms with Gasteiger partial charge in [0.1, 0.15) is 11.8 Å². The summed E-state index contributed by atoms with van der Waals surface area (Å²) in [6.07, 6.45) is 0.747. The standard InChI is InChI=1S/C15H21NO4/c1-10(2)14(15(18)19)16-13(17)9-8-11-6-4-5-7-12(11)20-3/h4-7,10,14H,8-9H2,1-3H3,(H,16,17)(H,18,19). The largest absolute Gasteiger partial charge is 0.496 e. The molecular weight excluding hydrogens is 258 g/mol. The van der Waals surface area contributed by atoms with Crippen molar-refractivity contribution >= 4 is 11.9 Å². The van der Waals surface area contributed by atoms with Crippen LogP contribution in [0.15, 0.2) is 24.3 Å². The first-order valence-electron chi connectivity index (χ1n) is 6.59. The summed E-state index contributed by atoms with van der Waals surface area (Å²) in [4.78, 5) is 22.8. The van der Waals surface area contributed by atoms with Crippen molar-refractivity contribution in [1.29, 1.82) is 0 Å². The molecule has 0 aliphatic heterocycles. The van der Waals surface area contributed by atoms with Crippen LogP contribution < -0.4 is 10.1 Å². The Morgan fingerprint density at radius 1 is 1.30 bits per heavy atom. The smallest absolute Gasteiger partial charge is 0.326 e. The first-order valence-corrected chi connectivity index (χ1v) is 6.59. The highest BCUT2D eigenvalue weighted by Crippen LogP contribution is 2.18. The average Bonchev–Trinajstić information content (AvgIpc) is 2.42. The van der Waals surface area contributed by atoms with Crippen molar-refractivity contribution in [3.8, 4) is 5.75 Å². The van der Waals surface area contributed by atoms with Crippen LogP contribution in [0.25, 0.3) is 0 Å². The maximum absolute atomic E-state index is 11.8. The second kappa shape index (κ2) is 7.53. The highest BCUT2D eigenvalue weighted by atomic mass is 16.5. The number of hydrogen-bond donors (Lipinski definition) is 2. The lowest BCUT2D eigenvalue weighted by atomic mass is 10.0. The van der Waals surface area contributed by atoms with Gasteiger partial charge >= 0.3 is 5.97 Å². The summed E-state index contributed by atoms with van der Waals surface area (Å²) >= 11 is 0. The maximum Gasteiger partial charge on any atom is 0.326 e. The van der Waals surface area contributed by atoms with E-state index in [1.54, 1.807) is 21.0 Å². The summed E-state index contributed by atoms with van der Waals surface area (Å²) < 4.78 is 5.21. The first-order chi connectivity index (χ1) is 9.45. The molecule has 0 saturated carbocycles. The van der Waals surface area contributed by atoms with Gasteiger partial charge in [0.25, 0.3) is 0 Å². The van der Waals surface area contributed by atoms with Gasteiger partial charge in [0, 0.05) is 6.42 Å². The van der Waals surface area contributed by atoms with Gasteiger partial charge in [-0.1, -0.05) is 32.0 Å². The SMILES string of the molecule is COc1ccccc1CCC(=O)NC(C(=O)O)C(C)C. The molecule has 0 spiro atoms. The summed E-state index contributed by atoms with van der Waals surface area (Å²) in [5.41, 5.74) is 0.932. The van der Waals surface area contributed by atoms with E-state index in [1.807, 2.05) is 24.3 Å². The third-order valence-electron chi connectivity index (χ3n) is 3.06. The predicted molar refractivity (Wildman–Crippen MR) is 75.7 cm³/mol. The Hall–Kier alpha value is -2.04. The number of carboxylic acids is 1. The average molecular weight is 279 g/mol. The Morgan fingerprint density at radius 2 is 1.95 bits per heavy atom. The van der Waals surface area contributed by atoms with Gasteiger partial charge < -0.3 is 15.2 Å². The molecule has 110 valence electrons. The molecule has 1 atom stereocenters. The van der Waals surface area contributed by atoms with Crippen molar-refractivity contribution in [3.63, 3.8) is 0 Å². The summed E-state index contributed by atoms with van der Waals surface area (Å²) in [6, 6.07) is 6.62. The number of hydrogen-bond acceptors (Lipinski definition) is 3. The molecule has 5 heteroatoms. The summed E-state index contributed by atoms with van der Waals surface area (Å²) in [7, 11) is 1.58. The van der Waals surface area contributed by atoms with E-state index >= 15 is 0 Å². The summed E-state index contributed by atoms with van der Waals surface area (Å²) in [5, 5.41) is 11.6. The topological polar surface area (TPSA) is 75.6 Å². The molecule has 5 nitrogen and oxygen atoms in total. The molecule has 1 amide bonds. The molecule has 0 heterocycles. The van der Waals surface area contributed by atoms with Gasteiger partial charge in [-0.2, -0.15) is 0 Å². The number of aryl methyl sites for hydroxylation is 1. The van der Waals surface area contributed by atoms with Crippen molar-refractivity contribution in [2.75, 3.05) is 7.11 Å². The number of nitrogens with one attached hydrogen (secondary N) is 1. The van der Waals surface area contributed by atoms with Gasteiger partial charge in [-0.3, -0.25) is 4.79 Å². The van der Waals surface area contributed by atoms with Crippen LogP contribution in [-0.4, -0.2) is 30.1 Å². The number of ether oxygens (including phenoxy) is 1. The Labute approximate surface area is 118 Å². The third kappa shape index (κ3) is 4.57. The van der Waals surface area contributed by atoms with Crippen LogP contribution in [0.2, 0.25) is 0 Å². The Kier molecular flexibility index (Phi) is 6.03. The second-order valence-electron chi connectivity index (χ2n) is 4.94. The van der Waals surface area contributed by atoms with Crippen molar-refractivity contribution in [2.24, 2.45) is 5.92 Å². The van der Waals surface area contributed by atoms with E-state index in [9.17, 15) is 9.59 Å². The summed E-state index contributed by atoms with van der Waals surface area (Å²) in [5.74, 6) is -0.690. The van der Waals surface area contributed by atoms with Crippen LogP contribution >= 0.6 is 0 Å². The van der Waals surface area contributed by atoms with Gasteiger partial charge in [0.05, 0.1) is 7.11 Å². The lowest BCUT2D eigenvalue weighted by Gasteiger charge is -2.18. The van der Waals surface area contributed by atoms with E-state index < -0.39 is 12.0 Å². The molecule has 0 fully saturated rings. The van der Waals surface area contributed by atoms with Crippen LogP contribution in [0.4, 0.5) is 0 Å². The van der Waals surface area contributed by atoms with Crippen molar-refractivity contribution in [1.82, 2.24) is 5.32 Å². The molecular formula is C15H21NO4. The number of carbonyl (C=O) groups is 2. The van der Waals surface area contributed by atoms with Crippen LogP contribution in [0.3, 0.4) is 0 Å². The molecule has 2 N–H and O–H groups in total. The molecule has 1 rings (SSSR count).